The summed E-state index contributed by atoms with van der Waals surface area (Å²) in [5, 5.41) is 6.81. The van der Waals surface area contributed by atoms with Gasteiger partial charge in [-0.15, -0.1) is 0 Å². The second-order valence-corrected chi connectivity index (χ2v) is 7.59. The molecule has 9 heteroatoms. The molecule has 154 valence electrons. The minimum absolute atomic E-state index is 0.0343. The maximum absolute atomic E-state index is 12.7. The average molecular weight is 420 g/mol. The summed E-state index contributed by atoms with van der Waals surface area (Å²) in [5.74, 6) is -1.35. The van der Waals surface area contributed by atoms with Crippen molar-refractivity contribution in [1.29, 1.82) is 0 Å². The lowest BCUT2D eigenvalue weighted by Crippen LogP contribution is -2.38. The van der Waals surface area contributed by atoms with Crippen LogP contribution in [0.15, 0.2) is 53.0 Å². The predicted octanol–water partition coefficient (Wildman–Crippen LogP) is 4.52. The highest BCUT2D eigenvalue weighted by Gasteiger charge is 2.39. The van der Waals surface area contributed by atoms with Crippen molar-refractivity contribution < 1.29 is 23.9 Å². The van der Waals surface area contributed by atoms with Crippen molar-refractivity contribution in [3.63, 3.8) is 0 Å². The molecular weight excluding hydrogens is 398 g/mol. The first-order valence-electron chi connectivity index (χ1n) is 8.69. The lowest BCUT2D eigenvalue weighted by molar-refractivity contribution is -0.134. The summed E-state index contributed by atoms with van der Waals surface area (Å²) in [6.07, 6.45) is 1.27. The molecule has 0 fully saturated rings. The number of halogens is 1. The number of benzene rings is 1. The number of rotatable bonds is 6. The van der Waals surface area contributed by atoms with Gasteiger partial charge in [-0.1, -0.05) is 47.0 Å². The molecule has 1 unspecified atom stereocenters. The number of nitrogens with zero attached hydrogens (tertiary/aromatic N) is 3. The highest BCUT2D eigenvalue weighted by Crippen LogP contribution is 2.33. The highest BCUT2D eigenvalue weighted by molar-refractivity contribution is 6.32. The number of carbonyl (C=O) groups excluding carboxylic acids is 2. The molecule has 0 bridgehead atoms. The Morgan fingerprint density at radius 2 is 1.76 bits per heavy atom. The molecule has 2 rings (SSSR count). The van der Waals surface area contributed by atoms with Crippen molar-refractivity contribution in [2.24, 2.45) is 10.4 Å². The molecular formula is C20H22ClN3O5. The summed E-state index contributed by atoms with van der Waals surface area (Å²) in [7, 11) is 1.27. The number of ether oxygens (including phenoxy) is 2. The van der Waals surface area contributed by atoms with Gasteiger partial charge in [0.05, 0.1) is 5.56 Å². The van der Waals surface area contributed by atoms with Gasteiger partial charge in [0, 0.05) is 17.0 Å². The largest absolute Gasteiger partial charge is 0.456 e. The van der Waals surface area contributed by atoms with Crippen molar-refractivity contribution in [2.75, 3.05) is 7.11 Å². The lowest BCUT2D eigenvalue weighted by Gasteiger charge is -2.27. The molecule has 0 aliphatic heterocycles. The summed E-state index contributed by atoms with van der Waals surface area (Å²) in [4.78, 5) is 33.4. The van der Waals surface area contributed by atoms with E-state index in [0.29, 0.717) is 5.56 Å². The smallest absolute Gasteiger partial charge is 0.340 e. The van der Waals surface area contributed by atoms with E-state index in [1.807, 2.05) is 0 Å². The Morgan fingerprint density at radius 3 is 2.31 bits per heavy atom. The number of amides is 1. The van der Waals surface area contributed by atoms with Crippen molar-refractivity contribution in [1.82, 2.24) is 4.98 Å². The first-order valence-corrected chi connectivity index (χ1v) is 9.06. The van der Waals surface area contributed by atoms with Gasteiger partial charge in [-0.25, -0.2) is 9.78 Å². The Bertz CT molecular complexity index is 912. The van der Waals surface area contributed by atoms with Crippen LogP contribution in [0.25, 0.3) is 0 Å². The van der Waals surface area contributed by atoms with Gasteiger partial charge in [0.2, 0.25) is 11.5 Å². The van der Waals surface area contributed by atoms with Crippen LogP contribution in [0.3, 0.4) is 0 Å². The summed E-state index contributed by atoms with van der Waals surface area (Å²) >= 11 is 6.26. The number of pyridine rings is 1. The normalized spacial score (nSPS) is 13.6. The first kappa shape index (κ1) is 22.3. The Balaban J connectivity index is 2.38. The molecule has 0 aliphatic rings. The van der Waals surface area contributed by atoms with E-state index in [4.69, 9.17) is 21.1 Å². The van der Waals surface area contributed by atoms with Crippen LogP contribution >= 0.6 is 11.6 Å². The van der Waals surface area contributed by atoms with E-state index >= 15 is 0 Å². The molecule has 0 aliphatic carbocycles. The van der Waals surface area contributed by atoms with Crippen LogP contribution in [-0.4, -0.2) is 29.6 Å². The van der Waals surface area contributed by atoms with E-state index < -0.39 is 23.1 Å². The minimum Gasteiger partial charge on any atom is -0.456 e. The van der Waals surface area contributed by atoms with Crippen molar-refractivity contribution in [3.05, 3.63) is 58.7 Å². The Hall–Kier alpha value is -3.00. The molecule has 8 nitrogen and oxygen atoms in total. The van der Waals surface area contributed by atoms with Crippen LogP contribution in [0.1, 0.15) is 43.6 Å². The lowest BCUT2D eigenvalue weighted by atomic mass is 9.95. The molecule has 1 amide bonds. The SMILES string of the molecule is CON=NC(=O)C(C)(Oc1ncc(C(=O)OC(C)(C)C)cc1Cl)c1ccccc1. The first-order chi connectivity index (χ1) is 13.6. The van der Waals surface area contributed by atoms with E-state index in [9.17, 15) is 9.59 Å². The zero-order chi connectivity index (χ0) is 21.7. The molecule has 2 aromatic rings. The molecule has 0 saturated carbocycles. The van der Waals surface area contributed by atoms with Crippen molar-refractivity contribution in [3.8, 4) is 5.88 Å². The van der Waals surface area contributed by atoms with Gasteiger partial charge in [-0.2, -0.15) is 0 Å². The number of aromatic nitrogens is 1. The second kappa shape index (κ2) is 9.00. The summed E-state index contributed by atoms with van der Waals surface area (Å²) in [6.45, 7) is 6.77. The van der Waals surface area contributed by atoms with Gasteiger partial charge in [-0.05, 0) is 33.8 Å². The monoisotopic (exact) mass is 419 g/mol. The van der Waals surface area contributed by atoms with Gasteiger partial charge >= 0.3 is 11.9 Å². The molecule has 0 saturated heterocycles. The molecule has 0 N–H and O–H groups in total. The minimum atomic E-state index is -1.58. The van der Waals surface area contributed by atoms with E-state index in [-0.39, 0.29) is 16.5 Å². The molecule has 0 spiro atoms. The molecule has 1 heterocycles. The zero-order valence-electron chi connectivity index (χ0n) is 16.8. The van der Waals surface area contributed by atoms with Gasteiger partial charge < -0.3 is 14.3 Å². The third-order valence-corrected chi connectivity index (χ3v) is 3.96. The number of hydrogen-bond donors (Lipinski definition) is 0. The van der Waals surface area contributed by atoms with Gasteiger partial charge in [0.1, 0.15) is 17.7 Å². The summed E-state index contributed by atoms with van der Waals surface area (Å²) < 4.78 is 11.2. The average Bonchev–Trinajstić information content (AvgIpc) is 2.66. The van der Waals surface area contributed by atoms with Gasteiger partial charge in [0.25, 0.3) is 0 Å². The third-order valence-electron chi connectivity index (χ3n) is 3.69. The fourth-order valence-corrected chi connectivity index (χ4v) is 2.50. The fraction of sp³-hybridized carbons (Fsp3) is 0.350. The number of hydrogen-bond acceptors (Lipinski definition) is 7. The van der Waals surface area contributed by atoms with E-state index in [2.05, 4.69) is 20.2 Å². The summed E-state index contributed by atoms with van der Waals surface area (Å²) in [6, 6.07) is 10.1. The van der Waals surface area contributed by atoms with Crippen molar-refractivity contribution in [2.45, 2.75) is 38.9 Å². The predicted molar refractivity (Wildman–Crippen MR) is 106 cm³/mol. The van der Waals surface area contributed by atoms with Crippen molar-refractivity contribution >= 4 is 23.5 Å². The molecule has 1 aromatic carbocycles. The maximum Gasteiger partial charge on any atom is 0.340 e. The maximum atomic E-state index is 12.7. The zero-order valence-corrected chi connectivity index (χ0v) is 17.6. The van der Waals surface area contributed by atoms with Crippen LogP contribution < -0.4 is 4.74 Å². The van der Waals surface area contributed by atoms with E-state index in [0.717, 1.165) is 0 Å². The highest BCUT2D eigenvalue weighted by atomic mass is 35.5. The van der Waals surface area contributed by atoms with Crippen LogP contribution in [-0.2, 0) is 20.0 Å². The topological polar surface area (TPSA) is 99.4 Å². The van der Waals surface area contributed by atoms with Crippen LogP contribution in [0, 0.1) is 0 Å². The third kappa shape index (κ3) is 5.74. The standard InChI is InChI=1S/C20H22ClN3O5/c1-19(2,3)29-17(25)13-11-15(21)16(22-12-13)28-20(4,18(26)23-24-27-5)14-9-7-6-8-10-14/h6-12H,1-5H3. The van der Waals surface area contributed by atoms with E-state index in [1.54, 1.807) is 51.1 Å². The van der Waals surface area contributed by atoms with Crippen LogP contribution in [0.2, 0.25) is 5.02 Å². The summed E-state index contributed by atoms with van der Waals surface area (Å²) in [5.41, 5.74) is -1.57. The number of carbonyl (C=O) groups is 2. The molecule has 1 aromatic heterocycles. The molecule has 1 atom stereocenters. The quantitative estimate of drug-likeness (QED) is 0.387. The van der Waals surface area contributed by atoms with Gasteiger partial charge in [0.15, 0.2) is 0 Å². The number of esters is 1. The second-order valence-electron chi connectivity index (χ2n) is 7.18. The molecule has 29 heavy (non-hydrogen) atoms. The Kier molecular flexibility index (Phi) is 6.92. The van der Waals surface area contributed by atoms with Crippen LogP contribution in [0.5, 0.6) is 5.88 Å². The Labute approximate surface area is 173 Å². The van der Waals surface area contributed by atoms with E-state index in [1.165, 1.54) is 26.3 Å². The van der Waals surface area contributed by atoms with Crippen LogP contribution in [0.4, 0.5) is 0 Å². The molecule has 0 radical (unpaired) electrons. The fourth-order valence-electron chi connectivity index (χ4n) is 2.30. The Morgan fingerprint density at radius 1 is 1.10 bits per heavy atom. The van der Waals surface area contributed by atoms with Gasteiger partial charge in [-0.3, -0.25) is 4.79 Å².